The number of nitrogens with two attached hydrogens (primary N) is 1. The van der Waals surface area contributed by atoms with E-state index in [9.17, 15) is 8.78 Å². The molecule has 0 spiro atoms. The molecule has 0 saturated carbocycles. The van der Waals surface area contributed by atoms with Gasteiger partial charge in [-0.1, -0.05) is 34.8 Å². The maximum Gasteiger partial charge on any atom is 0.257 e. The van der Waals surface area contributed by atoms with Crippen molar-refractivity contribution in [1.29, 1.82) is 0 Å². The van der Waals surface area contributed by atoms with Gasteiger partial charge >= 0.3 is 0 Å². The quantitative estimate of drug-likeness (QED) is 0.802. The summed E-state index contributed by atoms with van der Waals surface area (Å²) in [6, 6.07) is 1.18. The number of rotatable bonds is 2. The second kappa shape index (κ2) is 4.62. The molecule has 78 valence electrons. The zero-order valence-corrected chi connectivity index (χ0v) is 9.04. The van der Waals surface area contributed by atoms with Crippen LogP contribution < -0.4 is 5.73 Å². The highest BCUT2D eigenvalue weighted by Crippen LogP contribution is 2.34. The molecule has 6 heteroatoms. The van der Waals surface area contributed by atoms with E-state index in [4.69, 9.17) is 40.5 Å². The van der Waals surface area contributed by atoms with E-state index in [1.165, 1.54) is 12.1 Å². The number of benzene rings is 1. The van der Waals surface area contributed by atoms with Gasteiger partial charge in [0, 0.05) is 5.02 Å². The SMILES string of the molecule is N[C@H](c1cc(Cl)cc(Cl)c1Cl)C(F)F. The van der Waals surface area contributed by atoms with E-state index in [-0.39, 0.29) is 20.6 Å². The lowest BCUT2D eigenvalue weighted by molar-refractivity contribution is 0.116. The first-order chi connectivity index (χ1) is 6.43. The van der Waals surface area contributed by atoms with E-state index in [0.717, 1.165) is 0 Å². The monoisotopic (exact) mass is 259 g/mol. The summed E-state index contributed by atoms with van der Waals surface area (Å²) in [5.41, 5.74) is 5.28. The molecule has 1 atom stereocenters. The van der Waals surface area contributed by atoms with Crippen LogP contribution in [0.1, 0.15) is 11.6 Å². The second-order valence-corrected chi connectivity index (χ2v) is 3.87. The van der Waals surface area contributed by atoms with Gasteiger partial charge in [-0.05, 0) is 17.7 Å². The van der Waals surface area contributed by atoms with Gasteiger partial charge in [-0.2, -0.15) is 0 Å². The third-order valence-electron chi connectivity index (χ3n) is 1.65. The van der Waals surface area contributed by atoms with Crippen molar-refractivity contribution in [2.24, 2.45) is 5.73 Å². The van der Waals surface area contributed by atoms with Crippen LogP contribution >= 0.6 is 34.8 Å². The van der Waals surface area contributed by atoms with E-state index in [1.54, 1.807) is 0 Å². The fourth-order valence-electron chi connectivity index (χ4n) is 0.954. The third-order valence-corrected chi connectivity index (χ3v) is 2.69. The first kappa shape index (κ1) is 12.0. The maximum atomic E-state index is 12.3. The lowest BCUT2D eigenvalue weighted by Gasteiger charge is -2.13. The molecular weight excluding hydrogens is 254 g/mol. The Morgan fingerprint density at radius 3 is 2.21 bits per heavy atom. The minimum absolute atomic E-state index is 0.0175. The van der Waals surface area contributed by atoms with Gasteiger partial charge in [0.1, 0.15) is 0 Å². The summed E-state index contributed by atoms with van der Waals surface area (Å²) in [6.45, 7) is 0. The molecule has 0 bridgehead atoms. The van der Waals surface area contributed by atoms with E-state index >= 15 is 0 Å². The van der Waals surface area contributed by atoms with Gasteiger partial charge in [0.05, 0.1) is 16.1 Å². The Hall–Kier alpha value is -0.0900. The van der Waals surface area contributed by atoms with Crippen LogP contribution in [0.2, 0.25) is 15.1 Å². The largest absolute Gasteiger partial charge is 0.319 e. The fraction of sp³-hybridized carbons (Fsp3) is 0.250. The van der Waals surface area contributed by atoms with Crippen LogP contribution in [0, 0.1) is 0 Å². The van der Waals surface area contributed by atoms with Crippen LogP contribution in [0.3, 0.4) is 0 Å². The van der Waals surface area contributed by atoms with Gasteiger partial charge < -0.3 is 5.73 Å². The predicted molar refractivity (Wildman–Crippen MR) is 54.4 cm³/mol. The highest BCUT2D eigenvalue weighted by atomic mass is 35.5. The summed E-state index contributed by atoms with van der Waals surface area (Å²) in [6.07, 6.45) is -2.71. The molecule has 1 aromatic rings. The molecule has 0 heterocycles. The number of hydrogen-bond donors (Lipinski definition) is 1. The molecule has 0 aliphatic heterocycles. The van der Waals surface area contributed by atoms with Crippen LogP contribution in [0.15, 0.2) is 12.1 Å². The minimum Gasteiger partial charge on any atom is -0.319 e. The van der Waals surface area contributed by atoms with Gasteiger partial charge in [0.15, 0.2) is 0 Å². The normalized spacial score (nSPS) is 13.4. The van der Waals surface area contributed by atoms with Crippen molar-refractivity contribution in [2.75, 3.05) is 0 Å². The Bertz CT molecular complexity index is 344. The smallest absolute Gasteiger partial charge is 0.257 e. The van der Waals surface area contributed by atoms with Crippen molar-refractivity contribution in [3.05, 3.63) is 32.8 Å². The Morgan fingerprint density at radius 1 is 1.14 bits per heavy atom. The van der Waals surface area contributed by atoms with Crippen LogP contribution in [0.4, 0.5) is 8.78 Å². The van der Waals surface area contributed by atoms with E-state index < -0.39 is 12.5 Å². The van der Waals surface area contributed by atoms with Crippen LogP contribution in [-0.4, -0.2) is 6.43 Å². The second-order valence-electron chi connectivity index (χ2n) is 2.65. The average molecular weight is 260 g/mol. The summed E-state index contributed by atoms with van der Waals surface area (Å²) in [5, 5.41) is 0.361. The van der Waals surface area contributed by atoms with Crippen molar-refractivity contribution in [3.8, 4) is 0 Å². The maximum absolute atomic E-state index is 12.3. The zero-order chi connectivity index (χ0) is 10.9. The van der Waals surface area contributed by atoms with E-state index in [0.29, 0.717) is 0 Å². The molecule has 14 heavy (non-hydrogen) atoms. The highest BCUT2D eigenvalue weighted by molar-refractivity contribution is 6.43. The van der Waals surface area contributed by atoms with Gasteiger partial charge in [-0.15, -0.1) is 0 Å². The first-order valence-electron chi connectivity index (χ1n) is 3.61. The summed E-state index contributed by atoms with van der Waals surface area (Å²) >= 11 is 17.0. The Kier molecular flexibility index (Phi) is 3.95. The lowest BCUT2D eigenvalue weighted by Crippen LogP contribution is -2.19. The van der Waals surface area contributed by atoms with Crippen LogP contribution in [0.25, 0.3) is 0 Å². The minimum atomic E-state index is -2.71. The first-order valence-corrected chi connectivity index (χ1v) is 4.75. The predicted octanol–water partition coefficient (Wildman–Crippen LogP) is 3.91. The van der Waals surface area contributed by atoms with Gasteiger partial charge in [0.2, 0.25) is 0 Å². The number of halogens is 5. The average Bonchev–Trinajstić information content (AvgIpc) is 2.09. The molecule has 1 nitrogen and oxygen atoms in total. The van der Waals surface area contributed by atoms with Crippen molar-refractivity contribution in [1.82, 2.24) is 0 Å². The molecule has 0 unspecified atom stereocenters. The molecule has 0 fully saturated rings. The molecule has 0 aliphatic carbocycles. The summed E-state index contributed by atoms with van der Waals surface area (Å²) < 4.78 is 24.6. The van der Waals surface area contributed by atoms with Crippen molar-refractivity contribution in [3.63, 3.8) is 0 Å². The summed E-state index contributed by atoms with van der Waals surface area (Å²) in [5.74, 6) is 0. The molecule has 0 amide bonds. The van der Waals surface area contributed by atoms with Crippen molar-refractivity contribution >= 4 is 34.8 Å². The molecule has 0 radical (unpaired) electrons. The molecule has 0 aliphatic rings. The van der Waals surface area contributed by atoms with Gasteiger partial charge in [-0.3, -0.25) is 0 Å². The van der Waals surface area contributed by atoms with Crippen molar-refractivity contribution < 1.29 is 8.78 Å². The van der Waals surface area contributed by atoms with Gasteiger partial charge in [-0.25, -0.2) is 8.78 Å². The lowest BCUT2D eigenvalue weighted by atomic mass is 10.1. The molecule has 0 saturated heterocycles. The topological polar surface area (TPSA) is 26.0 Å². The standard InChI is InChI=1S/C8H6Cl3F2N/c9-3-1-4(7(14)8(12)13)6(11)5(10)2-3/h1-2,7-8H,14H2/t7-/m1/s1. The number of alkyl halides is 2. The fourth-order valence-corrected chi connectivity index (χ4v) is 1.70. The summed E-state index contributed by atoms with van der Waals surface area (Å²) in [7, 11) is 0. The highest BCUT2D eigenvalue weighted by Gasteiger charge is 2.21. The zero-order valence-electron chi connectivity index (χ0n) is 6.78. The Morgan fingerprint density at radius 2 is 1.71 bits per heavy atom. The Balaban J connectivity index is 3.20. The van der Waals surface area contributed by atoms with Crippen LogP contribution in [0.5, 0.6) is 0 Å². The molecule has 1 rings (SSSR count). The Labute approximate surface area is 94.7 Å². The summed E-state index contributed by atoms with van der Waals surface area (Å²) in [4.78, 5) is 0. The molecule has 0 aromatic heterocycles. The van der Waals surface area contributed by atoms with Crippen molar-refractivity contribution in [2.45, 2.75) is 12.5 Å². The molecule has 1 aromatic carbocycles. The van der Waals surface area contributed by atoms with E-state index in [1.807, 2.05) is 0 Å². The van der Waals surface area contributed by atoms with Crippen LogP contribution in [-0.2, 0) is 0 Å². The van der Waals surface area contributed by atoms with E-state index in [2.05, 4.69) is 0 Å². The molecule has 2 N–H and O–H groups in total. The third kappa shape index (κ3) is 2.48. The molecular formula is C8H6Cl3F2N. The number of hydrogen-bond acceptors (Lipinski definition) is 1. The van der Waals surface area contributed by atoms with Gasteiger partial charge in [0.25, 0.3) is 6.43 Å².